The zero-order valence-electron chi connectivity index (χ0n) is 10.7. The molecule has 1 fully saturated rings. The van der Waals surface area contributed by atoms with E-state index in [1.807, 2.05) is 11.6 Å². The highest BCUT2D eigenvalue weighted by Crippen LogP contribution is 2.32. The molecule has 1 aliphatic rings. The van der Waals surface area contributed by atoms with Gasteiger partial charge in [0.2, 0.25) is 5.91 Å². The third-order valence-electron chi connectivity index (χ3n) is 3.16. The number of carbonyl (C=O) groups is 2. The van der Waals surface area contributed by atoms with Gasteiger partial charge in [0.05, 0.1) is 6.20 Å². The van der Waals surface area contributed by atoms with Gasteiger partial charge in [-0.15, -0.1) is 16.9 Å². The van der Waals surface area contributed by atoms with E-state index in [0.717, 1.165) is 16.2 Å². The molecule has 0 spiro atoms. The highest BCUT2D eigenvalue weighted by Gasteiger charge is 2.29. The molecule has 1 saturated heterocycles. The minimum atomic E-state index is -0.453. The minimum Gasteiger partial charge on any atom is -0.295 e. The van der Waals surface area contributed by atoms with Crippen LogP contribution in [0.15, 0.2) is 21.9 Å². The fraction of sp³-hybridized carbons (Fsp3) is 0.333. The van der Waals surface area contributed by atoms with E-state index in [1.54, 1.807) is 34.0 Å². The Kier molecular flexibility index (Phi) is 3.58. The highest BCUT2D eigenvalue weighted by molar-refractivity contribution is 7.98. The Hall–Kier alpha value is -1.67. The summed E-state index contributed by atoms with van der Waals surface area (Å²) in [5.74, 6) is -0.540. The van der Waals surface area contributed by atoms with Gasteiger partial charge in [0.15, 0.2) is 0 Å². The van der Waals surface area contributed by atoms with Crippen molar-refractivity contribution in [2.24, 2.45) is 0 Å². The van der Waals surface area contributed by atoms with Gasteiger partial charge < -0.3 is 0 Å². The second-order valence-electron chi connectivity index (χ2n) is 4.40. The molecule has 2 aromatic heterocycles. The second-order valence-corrected chi connectivity index (χ2v) is 6.00. The molecule has 0 bridgehead atoms. The Morgan fingerprint density at radius 1 is 1.45 bits per heavy atom. The van der Waals surface area contributed by atoms with E-state index < -0.39 is 6.04 Å². The number of carbonyl (C=O) groups excluding carboxylic acids is 2. The summed E-state index contributed by atoms with van der Waals surface area (Å²) < 4.78 is 1.54. The summed E-state index contributed by atoms with van der Waals surface area (Å²) in [4.78, 5) is 24.1. The maximum atomic E-state index is 11.8. The van der Waals surface area contributed by atoms with E-state index >= 15 is 0 Å². The number of nitrogens with zero attached hydrogens (tertiary/aromatic N) is 3. The lowest BCUT2D eigenvalue weighted by Gasteiger charge is -2.20. The van der Waals surface area contributed by atoms with E-state index in [4.69, 9.17) is 0 Å². The average molecular weight is 308 g/mol. The molecule has 0 aromatic carbocycles. The van der Waals surface area contributed by atoms with Crippen molar-refractivity contribution in [1.29, 1.82) is 0 Å². The number of hydrogen-bond donors (Lipinski definition) is 1. The van der Waals surface area contributed by atoms with Crippen LogP contribution in [0.25, 0.3) is 11.3 Å². The van der Waals surface area contributed by atoms with Crippen LogP contribution in [-0.2, 0) is 9.59 Å². The van der Waals surface area contributed by atoms with Gasteiger partial charge in [0, 0.05) is 27.6 Å². The Morgan fingerprint density at radius 3 is 3.05 bits per heavy atom. The summed E-state index contributed by atoms with van der Waals surface area (Å²) in [6, 6.07) is -0.453. The Bertz CT molecular complexity index is 664. The number of rotatable bonds is 3. The molecule has 0 radical (unpaired) electrons. The number of thioether (sulfide) groups is 1. The van der Waals surface area contributed by atoms with E-state index in [9.17, 15) is 9.59 Å². The standard InChI is InChI=1S/C12H12N4O2S2/c1-19-10-6-20-5-7(10)8-4-16(15-14-8)9-2-3-11(17)13-12(9)18/h4-6,9H,2-3H2,1H3,(H,13,17,18). The quantitative estimate of drug-likeness (QED) is 0.690. The van der Waals surface area contributed by atoms with Gasteiger partial charge in [-0.25, -0.2) is 4.68 Å². The number of thiophene rings is 1. The molecule has 1 atom stereocenters. The SMILES string of the molecule is CSc1cscc1-c1cn(C2CCC(=O)NC2=O)nn1. The summed E-state index contributed by atoms with van der Waals surface area (Å²) in [6.07, 6.45) is 4.57. The normalized spacial score (nSPS) is 19.1. The molecule has 1 unspecified atom stereocenters. The zero-order valence-corrected chi connectivity index (χ0v) is 12.3. The fourth-order valence-corrected chi connectivity index (χ4v) is 3.83. The number of nitrogens with one attached hydrogen (secondary N) is 1. The predicted octanol–water partition coefficient (Wildman–Crippen LogP) is 1.71. The van der Waals surface area contributed by atoms with Crippen molar-refractivity contribution >= 4 is 34.9 Å². The molecular weight excluding hydrogens is 296 g/mol. The molecule has 2 amide bonds. The summed E-state index contributed by atoms with van der Waals surface area (Å²) in [7, 11) is 0. The van der Waals surface area contributed by atoms with Crippen molar-refractivity contribution in [1.82, 2.24) is 20.3 Å². The number of imide groups is 1. The van der Waals surface area contributed by atoms with Crippen LogP contribution in [0.5, 0.6) is 0 Å². The van der Waals surface area contributed by atoms with E-state index in [-0.39, 0.29) is 11.8 Å². The van der Waals surface area contributed by atoms with Crippen LogP contribution in [0, 0.1) is 0 Å². The van der Waals surface area contributed by atoms with Gasteiger partial charge in [-0.3, -0.25) is 14.9 Å². The maximum absolute atomic E-state index is 11.8. The Balaban J connectivity index is 1.87. The van der Waals surface area contributed by atoms with Crippen molar-refractivity contribution in [3.8, 4) is 11.3 Å². The smallest absolute Gasteiger partial charge is 0.251 e. The first-order chi connectivity index (χ1) is 9.69. The Morgan fingerprint density at radius 2 is 2.30 bits per heavy atom. The largest absolute Gasteiger partial charge is 0.295 e. The van der Waals surface area contributed by atoms with Gasteiger partial charge in [-0.1, -0.05) is 5.21 Å². The molecule has 6 nitrogen and oxygen atoms in total. The van der Waals surface area contributed by atoms with Crippen LogP contribution in [0.4, 0.5) is 0 Å². The van der Waals surface area contributed by atoms with E-state index in [2.05, 4.69) is 21.0 Å². The monoisotopic (exact) mass is 308 g/mol. The van der Waals surface area contributed by atoms with Crippen LogP contribution in [0.1, 0.15) is 18.9 Å². The number of piperidine rings is 1. The molecule has 1 aliphatic heterocycles. The maximum Gasteiger partial charge on any atom is 0.251 e. The molecule has 0 saturated carbocycles. The van der Waals surface area contributed by atoms with Crippen LogP contribution < -0.4 is 5.32 Å². The number of amides is 2. The number of aromatic nitrogens is 3. The molecule has 3 rings (SSSR count). The van der Waals surface area contributed by atoms with Crippen molar-refractivity contribution in [2.45, 2.75) is 23.8 Å². The van der Waals surface area contributed by atoms with Crippen molar-refractivity contribution in [3.05, 3.63) is 17.0 Å². The van der Waals surface area contributed by atoms with E-state index in [0.29, 0.717) is 12.8 Å². The molecule has 3 heterocycles. The summed E-state index contributed by atoms with van der Waals surface area (Å²) in [5.41, 5.74) is 1.78. The third-order valence-corrected chi connectivity index (χ3v) is 4.83. The van der Waals surface area contributed by atoms with Gasteiger partial charge in [0.25, 0.3) is 5.91 Å². The molecule has 104 valence electrons. The molecular formula is C12H12N4O2S2. The zero-order chi connectivity index (χ0) is 14.1. The van der Waals surface area contributed by atoms with Crippen LogP contribution >= 0.6 is 23.1 Å². The highest BCUT2D eigenvalue weighted by atomic mass is 32.2. The topological polar surface area (TPSA) is 76.9 Å². The number of hydrogen-bond acceptors (Lipinski definition) is 6. The molecule has 0 aliphatic carbocycles. The summed E-state index contributed by atoms with van der Waals surface area (Å²) in [5, 5.41) is 14.6. The third kappa shape index (κ3) is 2.36. The lowest BCUT2D eigenvalue weighted by Crippen LogP contribution is -2.41. The molecule has 2 aromatic rings. The Labute approximate surface area is 123 Å². The van der Waals surface area contributed by atoms with Crippen molar-refractivity contribution in [3.63, 3.8) is 0 Å². The fourth-order valence-electron chi connectivity index (χ4n) is 2.12. The second kappa shape index (κ2) is 5.37. The first-order valence-electron chi connectivity index (χ1n) is 6.05. The van der Waals surface area contributed by atoms with Gasteiger partial charge in [-0.2, -0.15) is 11.3 Å². The molecule has 8 heteroatoms. The average Bonchev–Trinajstić information content (AvgIpc) is 3.06. The van der Waals surface area contributed by atoms with Gasteiger partial charge >= 0.3 is 0 Å². The van der Waals surface area contributed by atoms with Crippen LogP contribution in [-0.4, -0.2) is 33.1 Å². The summed E-state index contributed by atoms with van der Waals surface area (Å²) >= 11 is 3.26. The van der Waals surface area contributed by atoms with Crippen LogP contribution in [0.2, 0.25) is 0 Å². The predicted molar refractivity (Wildman–Crippen MR) is 76.5 cm³/mol. The lowest BCUT2D eigenvalue weighted by molar-refractivity contribution is -0.136. The van der Waals surface area contributed by atoms with Crippen molar-refractivity contribution < 1.29 is 9.59 Å². The first kappa shape index (κ1) is 13.3. The van der Waals surface area contributed by atoms with Crippen LogP contribution in [0.3, 0.4) is 0 Å². The van der Waals surface area contributed by atoms with Gasteiger partial charge in [-0.05, 0) is 12.7 Å². The minimum absolute atomic E-state index is 0.228. The molecule has 20 heavy (non-hydrogen) atoms. The van der Waals surface area contributed by atoms with Gasteiger partial charge in [0.1, 0.15) is 11.7 Å². The summed E-state index contributed by atoms with van der Waals surface area (Å²) in [6.45, 7) is 0. The van der Waals surface area contributed by atoms with E-state index in [1.165, 1.54) is 0 Å². The first-order valence-corrected chi connectivity index (χ1v) is 8.22. The van der Waals surface area contributed by atoms with Crippen molar-refractivity contribution in [2.75, 3.05) is 6.26 Å². The molecule has 1 N–H and O–H groups in total. The lowest BCUT2D eigenvalue weighted by atomic mass is 10.1.